The molecule has 19 heavy (non-hydrogen) atoms. The summed E-state index contributed by atoms with van der Waals surface area (Å²) in [7, 11) is 0. The summed E-state index contributed by atoms with van der Waals surface area (Å²) in [6.45, 7) is 0.192. The number of hydrogen-bond acceptors (Lipinski definition) is 3. The van der Waals surface area contributed by atoms with Crippen molar-refractivity contribution in [1.29, 1.82) is 0 Å². The van der Waals surface area contributed by atoms with Gasteiger partial charge in [0.05, 0.1) is 0 Å². The van der Waals surface area contributed by atoms with Crippen molar-refractivity contribution in [2.75, 3.05) is 0 Å². The summed E-state index contributed by atoms with van der Waals surface area (Å²) in [5.41, 5.74) is 3.68. The molecule has 2 rings (SSSR count). The lowest BCUT2D eigenvalue weighted by Crippen LogP contribution is -1.86. The van der Waals surface area contributed by atoms with Crippen LogP contribution in [0.4, 0.5) is 0 Å². The van der Waals surface area contributed by atoms with E-state index in [0.29, 0.717) is 5.56 Å². The maximum Gasteiger partial charge on any atom is 0.150 e. The summed E-state index contributed by atoms with van der Waals surface area (Å²) < 4.78 is 0. The van der Waals surface area contributed by atoms with Crippen molar-refractivity contribution in [2.45, 2.75) is 6.61 Å². The molecule has 0 heterocycles. The first kappa shape index (κ1) is 13.2. The van der Waals surface area contributed by atoms with Gasteiger partial charge in [0.1, 0.15) is 12.9 Å². The monoisotopic (exact) mass is 254 g/mol. The lowest BCUT2D eigenvalue weighted by Gasteiger charge is -1.99. The van der Waals surface area contributed by atoms with Crippen LogP contribution in [-0.2, 0) is 11.5 Å². The van der Waals surface area contributed by atoms with Gasteiger partial charge in [-0.15, -0.1) is 0 Å². The lowest BCUT2D eigenvalue weighted by molar-refractivity contribution is -0.253. The van der Waals surface area contributed by atoms with Crippen molar-refractivity contribution >= 4 is 18.4 Å². The number of hydrogen-bond donors (Lipinski definition) is 1. The standard InChI is InChI=1S/C16H14O3/c17-11-15-7-3-13(4-8-15)1-2-14-5-9-16(10-6-14)12-19-18/h1-11,18H,12H2/b2-1+. The Morgan fingerprint density at radius 3 is 1.79 bits per heavy atom. The Kier molecular flexibility index (Phi) is 4.61. The number of aldehydes is 1. The van der Waals surface area contributed by atoms with E-state index in [4.69, 9.17) is 5.26 Å². The Balaban J connectivity index is 2.06. The molecule has 0 bridgehead atoms. The second-order valence-corrected chi connectivity index (χ2v) is 4.13. The van der Waals surface area contributed by atoms with Crippen molar-refractivity contribution in [1.82, 2.24) is 0 Å². The molecule has 0 aliphatic rings. The summed E-state index contributed by atoms with van der Waals surface area (Å²) >= 11 is 0. The minimum absolute atomic E-state index is 0.192. The topological polar surface area (TPSA) is 46.5 Å². The Morgan fingerprint density at radius 2 is 1.32 bits per heavy atom. The van der Waals surface area contributed by atoms with E-state index in [-0.39, 0.29) is 6.61 Å². The molecule has 0 aliphatic carbocycles. The second kappa shape index (κ2) is 6.64. The van der Waals surface area contributed by atoms with Crippen molar-refractivity contribution in [3.05, 3.63) is 70.8 Å². The van der Waals surface area contributed by atoms with E-state index in [9.17, 15) is 4.79 Å². The molecule has 0 saturated heterocycles. The lowest BCUT2D eigenvalue weighted by atomic mass is 10.1. The van der Waals surface area contributed by atoms with Gasteiger partial charge in [-0.2, -0.15) is 0 Å². The van der Waals surface area contributed by atoms with Crippen LogP contribution in [-0.4, -0.2) is 11.5 Å². The zero-order valence-corrected chi connectivity index (χ0v) is 10.3. The third-order valence-corrected chi connectivity index (χ3v) is 2.75. The third kappa shape index (κ3) is 3.88. The number of carbonyl (C=O) groups is 1. The van der Waals surface area contributed by atoms with Crippen LogP contribution in [0.15, 0.2) is 48.5 Å². The largest absolute Gasteiger partial charge is 0.298 e. The van der Waals surface area contributed by atoms with Gasteiger partial charge in [0, 0.05) is 5.56 Å². The fourth-order valence-corrected chi connectivity index (χ4v) is 1.68. The summed E-state index contributed by atoms with van der Waals surface area (Å²) in [5, 5.41) is 8.34. The van der Waals surface area contributed by atoms with Gasteiger partial charge in [-0.1, -0.05) is 60.7 Å². The minimum Gasteiger partial charge on any atom is -0.298 e. The molecule has 2 aromatic carbocycles. The van der Waals surface area contributed by atoms with Crippen molar-refractivity contribution in [3.63, 3.8) is 0 Å². The highest BCUT2D eigenvalue weighted by Gasteiger charge is 1.93. The van der Waals surface area contributed by atoms with Gasteiger partial charge < -0.3 is 0 Å². The zero-order chi connectivity index (χ0) is 13.5. The second-order valence-electron chi connectivity index (χ2n) is 4.13. The van der Waals surface area contributed by atoms with E-state index in [1.54, 1.807) is 12.1 Å². The van der Waals surface area contributed by atoms with Crippen LogP contribution in [0.5, 0.6) is 0 Å². The molecule has 0 aromatic heterocycles. The molecule has 3 nitrogen and oxygen atoms in total. The van der Waals surface area contributed by atoms with Crippen LogP contribution < -0.4 is 0 Å². The highest BCUT2D eigenvalue weighted by Crippen LogP contribution is 2.11. The molecular formula is C16H14O3. The summed E-state index contributed by atoms with van der Waals surface area (Å²) in [5.74, 6) is 0. The van der Waals surface area contributed by atoms with E-state index in [2.05, 4.69) is 4.89 Å². The molecule has 2 aromatic rings. The van der Waals surface area contributed by atoms with Crippen molar-refractivity contribution in [2.24, 2.45) is 0 Å². The summed E-state index contributed by atoms with van der Waals surface area (Å²) in [6, 6.07) is 15.1. The smallest absolute Gasteiger partial charge is 0.150 e. The van der Waals surface area contributed by atoms with Gasteiger partial charge >= 0.3 is 0 Å². The third-order valence-electron chi connectivity index (χ3n) is 2.75. The van der Waals surface area contributed by atoms with Gasteiger partial charge in [-0.25, -0.2) is 4.89 Å². The maximum atomic E-state index is 10.5. The van der Waals surface area contributed by atoms with E-state index in [0.717, 1.165) is 23.0 Å². The van der Waals surface area contributed by atoms with Gasteiger partial charge in [0.2, 0.25) is 0 Å². The minimum atomic E-state index is 0.192. The van der Waals surface area contributed by atoms with E-state index >= 15 is 0 Å². The van der Waals surface area contributed by atoms with Crippen LogP contribution >= 0.6 is 0 Å². The van der Waals surface area contributed by atoms with Gasteiger partial charge in [0.25, 0.3) is 0 Å². The van der Waals surface area contributed by atoms with Gasteiger partial charge in [0.15, 0.2) is 0 Å². The summed E-state index contributed by atoms with van der Waals surface area (Å²) in [6.07, 6.45) is 4.79. The number of benzene rings is 2. The maximum absolute atomic E-state index is 10.5. The predicted molar refractivity (Wildman–Crippen MR) is 74.6 cm³/mol. The van der Waals surface area contributed by atoms with Crippen molar-refractivity contribution in [3.8, 4) is 0 Å². The fourth-order valence-electron chi connectivity index (χ4n) is 1.68. The average molecular weight is 254 g/mol. The Morgan fingerprint density at radius 1 is 0.842 bits per heavy atom. The van der Waals surface area contributed by atoms with Crippen LogP contribution in [0.25, 0.3) is 12.2 Å². The van der Waals surface area contributed by atoms with Crippen LogP contribution in [0.1, 0.15) is 27.0 Å². The SMILES string of the molecule is O=Cc1ccc(/C=C/c2ccc(COO)cc2)cc1. The first-order chi connectivity index (χ1) is 9.31. The molecule has 0 amide bonds. The zero-order valence-electron chi connectivity index (χ0n) is 10.3. The Hall–Kier alpha value is -2.23. The molecule has 0 aliphatic heterocycles. The molecule has 1 N–H and O–H groups in total. The van der Waals surface area contributed by atoms with Gasteiger partial charge in [-0.3, -0.25) is 10.1 Å². The normalized spacial score (nSPS) is 10.8. The van der Waals surface area contributed by atoms with E-state index in [1.807, 2.05) is 48.6 Å². The fraction of sp³-hybridized carbons (Fsp3) is 0.0625. The van der Waals surface area contributed by atoms with E-state index in [1.165, 1.54) is 0 Å². The molecular weight excluding hydrogens is 240 g/mol. The molecule has 0 radical (unpaired) electrons. The van der Waals surface area contributed by atoms with Crippen LogP contribution in [0.2, 0.25) is 0 Å². The number of carbonyl (C=O) groups excluding carboxylic acids is 1. The van der Waals surface area contributed by atoms with Crippen molar-refractivity contribution < 1.29 is 14.9 Å². The molecule has 0 atom stereocenters. The first-order valence-electron chi connectivity index (χ1n) is 5.90. The predicted octanol–water partition coefficient (Wildman–Crippen LogP) is 3.66. The Labute approximate surface area is 111 Å². The van der Waals surface area contributed by atoms with Gasteiger partial charge in [-0.05, 0) is 16.7 Å². The Bertz CT molecular complexity index is 554. The summed E-state index contributed by atoms with van der Waals surface area (Å²) in [4.78, 5) is 14.6. The van der Waals surface area contributed by atoms with Crippen LogP contribution in [0.3, 0.4) is 0 Å². The molecule has 96 valence electrons. The molecule has 3 heteroatoms. The molecule has 0 unspecified atom stereocenters. The number of rotatable bonds is 5. The highest BCUT2D eigenvalue weighted by molar-refractivity contribution is 5.76. The van der Waals surface area contributed by atoms with E-state index < -0.39 is 0 Å². The molecule has 0 fully saturated rings. The average Bonchev–Trinajstić information content (AvgIpc) is 2.47. The first-order valence-corrected chi connectivity index (χ1v) is 5.90. The van der Waals surface area contributed by atoms with Crippen LogP contribution in [0, 0.1) is 0 Å². The quantitative estimate of drug-likeness (QED) is 0.383. The molecule has 0 saturated carbocycles. The molecule has 0 spiro atoms. The highest BCUT2D eigenvalue weighted by atomic mass is 17.1.